The number of ether oxygens (including phenoxy) is 1. The van der Waals surface area contributed by atoms with E-state index >= 15 is 0 Å². The molecule has 1 saturated heterocycles. The summed E-state index contributed by atoms with van der Waals surface area (Å²) < 4.78 is 11.0. The van der Waals surface area contributed by atoms with Gasteiger partial charge in [-0.25, -0.2) is 0 Å². The second-order valence-corrected chi connectivity index (χ2v) is 7.93. The van der Waals surface area contributed by atoms with Crippen LogP contribution < -0.4 is 5.32 Å². The Labute approximate surface area is 153 Å². The third kappa shape index (κ3) is 3.53. The summed E-state index contributed by atoms with van der Waals surface area (Å²) in [6, 6.07) is -0.672. The number of ketones is 1. The number of amides is 2. The minimum atomic E-state index is -0.672. The molecule has 1 aliphatic heterocycles. The van der Waals surface area contributed by atoms with Crippen molar-refractivity contribution >= 4 is 17.6 Å². The van der Waals surface area contributed by atoms with Crippen LogP contribution >= 0.6 is 0 Å². The molecule has 7 heteroatoms. The Morgan fingerprint density at radius 1 is 1.19 bits per heavy atom. The first kappa shape index (κ1) is 18.6. The van der Waals surface area contributed by atoms with Gasteiger partial charge in [0, 0.05) is 31.5 Å². The van der Waals surface area contributed by atoms with Gasteiger partial charge in [0.1, 0.15) is 11.8 Å². The lowest BCUT2D eigenvalue weighted by atomic mass is 9.76. The van der Waals surface area contributed by atoms with Crippen molar-refractivity contribution < 1.29 is 23.5 Å². The average Bonchev–Trinajstić information content (AvgIpc) is 2.90. The molecule has 0 bridgehead atoms. The first-order valence-electron chi connectivity index (χ1n) is 9.02. The zero-order chi connectivity index (χ0) is 19.1. The number of hydrogen-bond acceptors (Lipinski definition) is 5. The molecule has 0 spiro atoms. The Kier molecular flexibility index (Phi) is 4.92. The van der Waals surface area contributed by atoms with E-state index in [-0.39, 0.29) is 22.9 Å². The number of furan rings is 1. The van der Waals surface area contributed by atoms with E-state index < -0.39 is 11.9 Å². The van der Waals surface area contributed by atoms with Gasteiger partial charge in [0.15, 0.2) is 11.5 Å². The van der Waals surface area contributed by atoms with Crippen LogP contribution in [0.5, 0.6) is 0 Å². The van der Waals surface area contributed by atoms with Gasteiger partial charge < -0.3 is 19.4 Å². The van der Waals surface area contributed by atoms with Crippen molar-refractivity contribution in [2.24, 2.45) is 5.41 Å². The van der Waals surface area contributed by atoms with Crippen LogP contribution in [0.3, 0.4) is 0 Å². The minimum Gasteiger partial charge on any atom is -0.455 e. The van der Waals surface area contributed by atoms with Crippen molar-refractivity contribution in [3.8, 4) is 0 Å². The molecule has 1 aromatic heterocycles. The third-order valence-electron chi connectivity index (χ3n) is 5.02. The van der Waals surface area contributed by atoms with E-state index in [0.717, 1.165) is 0 Å². The van der Waals surface area contributed by atoms with Crippen LogP contribution in [-0.4, -0.2) is 54.8 Å². The molecular weight excluding hydrogens is 336 g/mol. The van der Waals surface area contributed by atoms with Crippen LogP contribution in [-0.2, 0) is 16.0 Å². The van der Waals surface area contributed by atoms with Crippen molar-refractivity contribution in [1.82, 2.24) is 10.2 Å². The number of morpholine rings is 1. The molecule has 2 aliphatic rings. The maximum absolute atomic E-state index is 12.6. The Morgan fingerprint density at radius 2 is 1.85 bits per heavy atom. The van der Waals surface area contributed by atoms with E-state index in [1.54, 1.807) is 18.7 Å². The fourth-order valence-electron chi connectivity index (χ4n) is 3.68. The fraction of sp³-hybridized carbons (Fsp3) is 0.632. The number of carbonyl (C=O) groups excluding carboxylic acids is 3. The molecule has 1 N–H and O–H groups in total. The van der Waals surface area contributed by atoms with Crippen LogP contribution in [0.4, 0.5) is 0 Å². The number of Topliss-reactive ketones (excluding diaryl/α,β-unsaturated/α-hetero) is 1. The second-order valence-electron chi connectivity index (χ2n) is 7.93. The maximum atomic E-state index is 12.6. The van der Waals surface area contributed by atoms with E-state index in [0.29, 0.717) is 56.0 Å². The molecule has 2 amide bonds. The molecule has 0 aromatic carbocycles. The molecular formula is C19H26N2O5. The van der Waals surface area contributed by atoms with Gasteiger partial charge in [-0.1, -0.05) is 13.8 Å². The van der Waals surface area contributed by atoms with Crippen molar-refractivity contribution in [2.75, 3.05) is 26.3 Å². The zero-order valence-corrected chi connectivity index (χ0v) is 15.8. The maximum Gasteiger partial charge on any atom is 0.287 e. The Morgan fingerprint density at radius 3 is 2.50 bits per heavy atom. The monoisotopic (exact) mass is 362 g/mol. The number of nitrogens with one attached hydrogen (secondary N) is 1. The molecule has 1 atom stereocenters. The Bertz CT molecular complexity index is 743. The highest BCUT2D eigenvalue weighted by Gasteiger charge is 2.37. The predicted molar refractivity (Wildman–Crippen MR) is 94.2 cm³/mol. The highest BCUT2D eigenvalue weighted by Crippen LogP contribution is 2.38. The Balaban J connectivity index is 1.74. The minimum absolute atomic E-state index is 0.00833. The summed E-state index contributed by atoms with van der Waals surface area (Å²) in [6.45, 7) is 9.46. The zero-order valence-electron chi connectivity index (χ0n) is 15.8. The van der Waals surface area contributed by atoms with E-state index in [4.69, 9.17) is 9.15 Å². The lowest BCUT2D eigenvalue weighted by molar-refractivity contribution is -0.136. The number of nitrogens with zero attached hydrogens (tertiary/aromatic N) is 1. The summed E-state index contributed by atoms with van der Waals surface area (Å²) in [7, 11) is 0. The van der Waals surface area contributed by atoms with E-state index in [2.05, 4.69) is 5.32 Å². The van der Waals surface area contributed by atoms with Gasteiger partial charge in [-0.05, 0) is 19.3 Å². The van der Waals surface area contributed by atoms with Crippen molar-refractivity contribution in [3.63, 3.8) is 0 Å². The van der Waals surface area contributed by atoms with Gasteiger partial charge in [-0.2, -0.15) is 0 Å². The van der Waals surface area contributed by atoms with E-state index in [1.165, 1.54) is 0 Å². The molecule has 3 rings (SSSR count). The van der Waals surface area contributed by atoms with Gasteiger partial charge in [-0.3, -0.25) is 14.4 Å². The van der Waals surface area contributed by atoms with Crippen LogP contribution in [0, 0.1) is 12.3 Å². The van der Waals surface area contributed by atoms with Gasteiger partial charge in [0.05, 0.1) is 18.8 Å². The summed E-state index contributed by atoms with van der Waals surface area (Å²) in [6.07, 6.45) is 1.05. The van der Waals surface area contributed by atoms with Gasteiger partial charge in [0.2, 0.25) is 5.91 Å². The summed E-state index contributed by atoms with van der Waals surface area (Å²) in [5.74, 6) is 0.0992. The second kappa shape index (κ2) is 6.87. The number of hydrogen-bond donors (Lipinski definition) is 1. The third-order valence-corrected chi connectivity index (χ3v) is 5.02. The van der Waals surface area contributed by atoms with Gasteiger partial charge in [0.25, 0.3) is 5.91 Å². The molecule has 0 radical (unpaired) electrons. The molecule has 142 valence electrons. The first-order chi connectivity index (χ1) is 12.2. The summed E-state index contributed by atoms with van der Waals surface area (Å²) in [5.41, 5.74) is 0.910. The molecule has 0 unspecified atom stereocenters. The molecule has 7 nitrogen and oxygen atoms in total. The van der Waals surface area contributed by atoms with E-state index in [1.807, 2.05) is 13.8 Å². The van der Waals surface area contributed by atoms with Crippen LogP contribution in [0.2, 0.25) is 0 Å². The standard InChI is InChI=1S/C19H26N2O5/c1-11-15-13(22)9-19(3,4)10-14(15)26-16(11)17(23)20-12(2)18(24)21-5-7-25-8-6-21/h12H,5-10H2,1-4H3,(H,20,23)/t12-/m0/s1. The highest BCUT2D eigenvalue weighted by molar-refractivity contribution is 6.04. The Hall–Kier alpha value is -2.15. The van der Waals surface area contributed by atoms with Crippen molar-refractivity contribution in [2.45, 2.75) is 46.6 Å². The molecule has 1 aliphatic carbocycles. The molecule has 1 aromatic rings. The topological polar surface area (TPSA) is 88.8 Å². The number of fused-ring (bicyclic) bond motifs is 1. The largest absolute Gasteiger partial charge is 0.455 e. The number of carbonyl (C=O) groups is 3. The SMILES string of the molecule is Cc1c(C(=O)N[C@@H](C)C(=O)N2CCOCC2)oc2c1C(=O)CC(C)(C)C2. The van der Waals surface area contributed by atoms with E-state index in [9.17, 15) is 14.4 Å². The fourth-order valence-corrected chi connectivity index (χ4v) is 3.68. The molecule has 1 fully saturated rings. The lowest BCUT2D eigenvalue weighted by Crippen LogP contribution is -2.50. The highest BCUT2D eigenvalue weighted by atomic mass is 16.5. The smallest absolute Gasteiger partial charge is 0.287 e. The van der Waals surface area contributed by atoms with Gasteiger partial charge in [-0.15, -0.1) is 0 Å². The van der Waals surface area contributed by atoms with Crippen LogP contribution in [0.1, 0.15) is 59.4 Å². The summed E-state index contributed by atoms with van der Waals surface area (Å²) in [4.78, 5) is 39.2. The molecule has 2 heterocycles. The van der Waals surface area contributed by atoms with Crippen molar-refractivity contribution in [1.29, 1.82) is 0 Å². The lowest BCUT2D eigenvalue weighted by Gasteiger charge is -2.29. The molecule has 0 saturated carbocycles. The van der Waals surface area contributed by atoms with Gasteiger partial charge >= 0.3 is 0 Å². The number of rotatable bonds is 3. The first-order valence-corrected chi connectivity index (χ1v) is 9.02. The summed E-state index contributed by atoms with van der Waals surface area (Å²) >= 11 is 0. The van der Waals surface area contributed by atoms with Crippen molar-refractivity contribution in [3.05, 3.63) is 22.6 Å². The predicted octanol–water partition coefficient (Wildman–Crippen LogP) is 1.72. The van der Waals surface area contributed by atoms with Crippen LogP contribution in [0.15, 0.2) is 4.42 Å². The summed E-state index contributed by atoms with van der Waals surface area (Å²) in [5, 5.41) is 2.70. The van der Waals surface area contributed by atoms with Crippen LogP contribution in [0.25, 0.3) is 0 Å². The normalized spacial score (nSPS) is 20.5. The molecule has 26 heavy (non-hydrogen) atoms. The quantitative estimate of drug-likeness (QED) is 0.884. The average molecular weight is 362 g/mol.